The third kappa shape index (κ3) is 2.56. The summed E-state index contributed by atoms with van der Waals surface area (Å²) in [5.41, 5.74) is 3.01. The van der Waals surface area contributed by atoms with Crippen molar-refractivity contribution in [1.82, 2.24) is 29.4 Å². The Morgan fingerprint density at radius 1 is 1.19 bits per heavy atom. The molecule has 5 rings (SSSR count). The van der Waals surface area contributed by atoms with Crippen molar-refractivity contribution in [3.63, 3.8) is 0 Å². The van der Waals surface area contributed by atoms with Crippen molar-refractivity contribution in [2.24, 2.45) is 0 Å². The van der Waals surface area contributed by atoms with Gasteiger partial charge in [-0.3, -0.25) is 9.48 Å². The van der Waals surface area contributed by atoms with Crippen LogP contribution in [-0.4, -0.2) is 54.9 Å². The second-order valence-corrected chi connectivity index (χ2v) is 7.33. The molecule has 2 aliphatic heterocycles. The first-order valence-corrected chi connectivity index (χ1v) is 9.38. The van der Waals surface area contributed by atoms with E-state index in [-0.39, 0.29) is 11.9 Å². The fraction of sp³-hybridized carbons (Fsp3) is 0.500. The van der Waals surface area contributed by atoms with Crippen LogP contribution in [0, 0.1) is 13.8 Å². The second kappa shape index (κ2) is 6.04. The van der Waals surface area contributed by atoms with Gasteiger partial charge < -0.3 is 9.80 Å². The van der Waals surface area contributed by atoms with Crippen LogP contribution in [0.25, 0.3) is 5.78 Å². The van der Waals surface area contributed by atoms with Crippen LogP contribution in [0.2, 0.25) is 0 Å². The molecule has 27 heavy (non-hydrogen) atoms. The Labute approximate surface area is 156 Å². The summed E-state index contributed by atoms with van der Waals surface area (Å²) in [5, 5.41) is 8.91. The van der Waals surface area contributed by atoms with E-state index in [0.29, 0.717) is 12.2 Å². The van der Waals surface area contributed by atoms with E-state index >= 15 is 0 Å². The average Bonchev–Trinajstić information content (AvgIpc) is 3.41. The normalized spacial score (nSPS) is 20.4. The molecule has 0 radical (unpaired) electrons. The van der Waals surface area contributed by atoms with Crippen LogP contribution in [0.4, 0.5) is 11.5 Å². The van der Waals surface area contributed by atoms with E-state index in [1.807, 2.05) is 33.4 Å². The number of hydrogen-bond donors (Lipinski definition) is 0. The minimum absolute atomic E-state index is 0.194. The van der Waals surface area contributed by atoms with Crippen molar-refractivity contribution in [2.75, 3.05) is 29.4 Å². The molecule has 9 heteroatoms. The van der Waals surface area contributed by atoms with Gasteiger partial charge in [0.2, 0.25) is 5.91 Å². The van der Waals surface area contributed by atoms with Crippen molar-refractivity contribution in [2.45, 2.75) is 39.2 Å². The first kappa shape index (κ1) is 16.2. The molecule has 1 amide bonds. The molecule has 3 aromatic heterocycles. The molecule has 5 heterocycles. The van der Waals surface area contributed by atoms with Crippen molar-refractivity contribution < 1.29 is 4.79 Å². The Morgan fingerprint density at radius 2 is 2.07 bits per heavy atom. The zero-order chi connectivity index (χ0) is 18.5. The highest BCUT2D eigenvalue weighted by Gasteiger charge is 2.29. The molecule has 2 fully saturated rings. The van der Waals surface area contributed by atoms with Crippen molar-refractivity contribution in [1.29, 1.82) is 0 Å². The molecular formula is C18H22N8O. The maximum absolute atomic E-state index is 12.0. The van der Waals surface area contributed by atoms with Crippen LogP contribution in [0.3, 0.4) is 0 Å². The van der Waals surface area contributed by atoms with E-state index in [1.165, 1.54) is 0 Å². The van der Waals surface area contributed by atoms with Gasteiger partial charge in [-0.25, -0.2) is 4.98 Å². The summed E-state index contributed by atoms with van der Waals surface area (Å²) in [6.45, 7) is 6.64. The Kier molecular flexibility index (Phi) is 3.63. The quantitative estimate of drug-likeness (QED) is 0.699. The molecule has 2 aliphatic rings. The summed E-state index contributed by atoms with van der Waals surface area (Å²) < 4.78 is 3.82. The molecule has 2 saturated heterocycles. The van der Waals surface area contributed by atoms with Gasteiger partial charge in [0.15, 0.2) is 0 Å². The summed E-state index contributed by atoms with van der Waals surface area (Å²) in [6.07, 6.45) is 7.92. The summed E-state index contributed by atoms with van der Waals surface area (Å²) in [4.78, 5) is 24.9. The SMILES string of the molecule is Cc1nc2ncnn2c(N2CCC(n3cc(N4CCCC4=O)cn3)C2)c1C. The third-order valence-corrected chi connectivity index (χ3v) is 5.69. The predicted molar refractivity (Wildman–Crippen MR) is 99.9 cm³/mol. The number of fused-ring (bicyclic) bond motifs is 1. The van der Waals surface area contributed by atoms with Crippen molar-refractivity contribution in [3.8, 4) is 0 Å². The van der Waals surface area contributed by atoms with Crippen LogP contribution >= 0.6 is 0 Å². The topological polar surface area (TPSA) is 84.5 Å². The molecule has 0 saturated carbocycles. The van der Waals surface area contributed by atoms with Crippen LogP contribution in [-0.2, 0) is 4.79 Å². The zero-order valence-electron chi connectivity index (χ0n) is 15.5. The third-order valence-electron chi connectivity index (χ3n) is 5.69. The van der Waals surface area contributed by atoms with E-state index in [2.05, 4.69) is 32.0 Å². The number of rotatable bonds is 3. The Morgan fingerprint density at radius 3 is 2.89 bits per heavy atom. The smallest absolute Gasteiger partial charge is 0.254 e. The molecule has 9 nitrogen and oxygen atoms in total. The highest BCUT2D eigenvalue weighted by atomic mass is 16.2. The Hall–Kier alpha value is -2.97. The van der Waals surface area contributed by atoms with Crippen molar-refractivity contribution in [3.05, 3.63) is 30.0 Å². The number of hydrogen-bond acceptors (Lipinski definition) is 6. The minimum Gasteiger partial charge on any atom is -0.354 e. The lowest BCUT2D eigenvalue weighted by molar-refractivity contribution is -0.117. The molecule has 3 aromatic rings. The number of anilines is 2. The number of aromatic nitrogens is 6. The largest absolute Gasteiger partial charge is 0.354 e. The second-order valence-electron chi connectivity index (χ2n) is 7.33. The fourth-order valence-corrected chi connectivity index (χ4v) is 4.13. The van der Waals surface area contributed by atoms with Gasteiger partial charge in [-0.05, 0) is 26.7 Å². The van der Waals surface area contributed by atoms with Gasteiger partial charge in [-0.15, -0.1) is 0 Å². The summed E-state index contributed by atoms with van der Waals surface area (Å²) in [5.74, 6) is 1.88. The summed E-state index contributed by atoms with van der Waals surface area (Å²) in [7, 11) is 0. The zero-order valence-corrected chi connectivity index (χ0v) is 15.5. The molecule has 0 aromatic carbocycles. The van der Waals surface area contributed by atoms with Crippen LogP contribution in [0.15, 0.2) is 18.7 Å². The first-order valence-electron chi connectivity index (χ1n) is 9.38. The van der Waals surface area contributed by atoms with Gasteiger partial charge in [0.1, 0.15) is 12.1 Å². The number of aryl methyl sites for hydroxylation is 1. The molecule has 1 unspecified atom stereocenters. The number of carbonyl (C=O) groups excluding carboxylic acids is 1. The highest BCUT2D eigenvalue weighted by molar-refractivity contribution is 5.95. The lowest BCUT2D eigenvalue weighted by Crippen LogP contribution is -2.25. The maximum atomic E-state index is 12.0. The molecule has 0 spiro atoms. The molecule has 0 bridgehead atoms. The van der Waals surface area contributed by atoms with Gasteiger partial charge >= 0.3 is 0 Å². The van der Waals surface area contributed by atoms with Gasteiger partial charge in [0.05, 0.1) is 17.9 Å². The van der Waals surface area contributed by atoms with Gasteiger partial charge in [-0.1, -0.05) is 0 Å². The lowest BCUT2D eigenvalue weighted by Gasteiger charge is -2.22. The molecule has 0 aliphatic carbocycles. The highest BCUT2D eigenvalue weighted by Crippen LogP contribution is 2.31. The van der Waals surface area contributed by atoms with E-state index in [1.54, 1.807) is 6.33 Å². The van der Waals surface area contributed by atoms with Crippen LogP contribution < -0.4 is 9.80 Å². The monoisotopic (exact) mass is 366 g/mol. The summed E-state index contributed by atoms with van der Waals surface area (Å²) >= 11 is 0. The number of amides is 1. The number of carbonyl (C=O) groups is 1. The molecule has 140 valence electrons. The minimum atomic E-state index is 0.194. The lowest BCUT2D eigenvalue weighted by atomic mass is 10.2. The predicted octanol–water partition coefficient (Wildman–Crippen LogP) is 1.52. The standard InChI is InChI=1S/C18H22N8O/c1-12-13(2)22-18-19-11-21-26(18)17(12)23-7-5-14(9-23)25-10-15(8-20-25)24-6-3-4-16(24)27/h8,10-11,14H,3-7,9H2,1-2H3. The average molecular weight is 366 g/mol. The van der Waals surface area contributed by atoms with E-state index in [0.717, 1.165) is 55.2 Å². The van der Waals surface area contributed by atoms with Gasteiger partial charge in [0, 0.05) is 43.5 Å². The van der Waals surface area contributed by atoms with Gasteiger partial charge in [-0.2, -0.15) is 19.7 Å². The molecule has 0 N–H and O–H groups in total. The maximum Gasteiger partial charge on any atom is 0.254 e. The number of nitrogens with zero attached hydrogens (tertiary/aromatic N) is 8. The Balaban J connectivity index is 1.41. The van der Waals surface area contributed by atoms with E-state index in [4.69, 9.17) is 0 Å². The first-order chi connectivity index (χ1) is 13.1. The molecule has 1 atom stereocenters. The van der Waals surface area contributed by atoms with Crippen LogP contribution in [0.5, 0.6) is 0 Å². The van der Waals surface area contributed by atoms with E-state index < -0.39 is 0 Å². The Bertz CT molecular complexity index is 1020. The molecular weight excluding hydrogens is 344 g/mol. The van der Waals surface area contributed by atoms with Crippen LogP contribution in [0.1, 0.15) is 36.6 Å². The fourth-order valence-electron chi connectivity index (χ4n) is 4.13. The van der Waals surface area contributed by atoms with Gasteiger partial charge in [0.25, 0.3) is 5.78 Å². The summed E-state index contributed by atoms with van der Waals surface area (Å²) in [6, 6.07) is 0.267. The van der Waals surface area contributed by atoms with E-state index in [9.17, 15) is 4.79 Å². The van der Waals surface area contributed by atoms with Crippen molar-refractivity contribution >= 4 is 23.2 Å².